The second-order valence-electron chi connectivity index (χ2n) is 6.25. The smallest absolute Gasteiger partial charge is 0.248 e. The maximum Gasteiger partial charge on any atom is 0.248 e. The van der Waals surface area contributed by atoms with Gasteiger partial charge in [0, 0.05) is 31.8 Å². The molecule has 0 heterocycles. The molecule has 8 nitrogen and oxygen atoms in total. The molecule has 0 aromatic heterocycles. The number of amides is 2. The summed E-state index contributed by atoms with van der Waals surface area (Å²) in [6.07, 6.45) is 0.421. The zero-order valence-electron chi connectivity index (χ0n) is 15.9. The molecule has 0 saturated carbocycles. The second-order valence-corrected chi connectivity index (χ2v) is 8.40. The minimum absolute atomic E-state index is 0.124. The van der Waals surface area contributed by atoms with Gasteiger partial charge in [0.1, 0.15) is 5.75 Å². The van der Waals surface area contributed by atoms with Crippen LogP contribution in [0.15, 0.2) is 47.4 Å². The lowest BCUT2D eigenvalue weighted by Crippen LogP contribution is -2.22. The van der Waals surface area contributed by atoms with Crippen molar-refractivity contribution in [3.8, 4) is 5.75 Å². The van der Waals surface area contributed by atoms with Crippen molar-refractivity contribution in [1.29, 1.82) is 0 Å². The first-order chi connectivity index (χ1) is 13.1. The van der Waals surface area contributed by atoms with Crippen molar-refractivity contribution in [2.75, 3.05) is 26.5 Å². The van der Waals surface area contributed by atoms with E-state index in [9.17, 15) is 18.0 Å². The summed E-state index contributed by atoms with van der Waals surface area (Å²) >= 11 is 0. The summed E-state index contributed by atoms with van der Waals surface area (Å²) in [6.45, 7) is 0. The predicted molar refractivity (Wildman–Crippen MR) is 106 cm³/mol. The molecule has 2 rings (SSSR count). The van der Waals surface area contributed by atoms with Gasteiger partial charge in [-0.25, -0.2) is 12.7 Å². The standard InChI is InChI=1S/C19H23N3O5S/c1-22(2)28(25,26)16-9-10-17(27-3)14(12-16)6-11-18(23)21-15-7-4-13(5-8-15)19(20)24/h4-5,7-10,12H,6,11H2,1-3H3,(H2,20,24)(H,21,23). The summed E-state index contributed by atoms with van der Waals surface area (Å²) in [5, 5.41) is 2.72. The molecule has 0 unspecified atom stereocenters. The Balaban J connectivity index is 2.10. The van der Waals surface area contributed by atoms with Crippen LogP contribution in [0.25, 0.3) is 0 Å². The monoisotopic (exact) mass is 405 g/mol. The fourth-order valence-corrected chi connectivity index (χ4v) is 3.46. The molecule has 3 N–H and O–H groups in total. The maximum absolute atomic E-state index is 12.3. The largest absolute Gasteiger partial charge is 0.496 e. The summed E-state index contributed by atoms with van der Waals surface area (Å²) in [6, 6.07) is 10.8. The first kappa shape index (κ1) is 21.4. The summed E-state index contributed by atoms with van der Waals surface area (Å²) in [4.78, 5) is 23.4. The zero-order valence-corrected chi connectivity index (χ0v) is 16.7. The number of hydrogen-bond acceptors (Lipinski definition) is 5. The Hall–Kier alpha value is -2.91. The van der Waals surface area contributed by atoms with Crippen LogP contribution in [-0.4, -0.2) is 45.7 Å². The lowest BCUT2D eigenvalue weighted by Gasteiger charge is -2.14. The van der Waals surface area contributed by atoms with Gasteiger partial charge in [0.2, 0.25) is 21.8 Å². The Morgan fingerprint density at radius 1 is 1.11 bits per heavy atom. The fourth-order valence-electron chi connectivity index (χ4n) is 2.51. The van der Waals surface area contributed by atoms with E-state index in [1.165, 1.54) is 45.5 Å². The SMILES string of the molecule is COc1ccc(S(=O)(=O)N(C)C)cc1CCC(=O)Nc1ccc(C(N)=O)cc1. The topological polar surface area (TPSA) is 119 Å². The number of nitrogens with zero attached hydrogens (tertiary/aromatic N) is 1. The van der Waals surface area contributed by atoms with E-state index < -0.39 is 15.9 Å². The number of sulfonamides is 1. The molecule has 150 valence electrons. The number of anilines is 1. The first-order valence-corrected chi connectivity index (χ1v) is 9.88. The van der Waals surface area contributed by atoms with E-state index in [-0.39, 0.29) is 17.2 Å². The molecule has 0 atom stereocenters. The Morgan fingerprint density at radius 3 is 2.29 bits per heavy atom. The number of nitrogens with two attached hydrogens (primary N) is 1. The molecule has 0 aliphatic carbocycles. The number of methoxy groups -OCH3 is 1. The molecule has 0 saturated heterocycles. The van der Waals surface area contributed by atoms with Crippen LogP contribution in [0.2, 0.25) is 0 Å². The van der Waals surface area contributed by atoms with Crippen LogP contribution in [0.1, 0.15) is 22.3 Å². The van der Waals surface area contributed by atoms with E-state index in [1.807, 2.05) is 0 Å². The Kier molecular flexibility index (Phi) is 6.76. The molecule has 0 radical (unpaired) electrons. The van der Waals surface area contributed by atoms with Crippen LogP contribution >= 0.6 is 0 Å². The first-order valence-electron chi connectivity index (χ1n) is 8.44. The summed E-state index contributed by atoms with van der Waals surface area (Å²) in [7, 11) is 0.811. The van der Waals surface area contributed by atoms with Crippen molar-refractivity contribution >= 4 is 27.5 Å². The minimum atomic E-state index is -3.58. The third-order valence-corrected chi connectivity index (χ3v) is 5.92. The maximum atomic E-state index is 12.3. The quantitative estimate of drug-likeness (QED) is 0.692. The molecular weight excluding hydrogens is 382 g/mol. The van der Waals surface area contributed by atoms with Gasteiger partial charge in [0.15, 0.2) is 0 Å². The van der Waals surface area contributed by atoms with E-state index >= 15 is 0 Å². The predicted octanol–water partition coefficient (Wildman–Crippen LogP) is 1.62. The molecule has 0 bridgehead atoms. The Bertz CT molecular complexity index is 970. The van der Waals surface area contributed by atoms with E-state index in [1.54, 1.807) is 18.2 Å². The third kappa shape index (κ3) is 5.08. The lowest BCUT2D eigenvalue weighted by atomic mass is 10.1. The molecule has 0 fully saturated rings. The molecule has 2 aromatic carbocycles. The van der Waals surface area contributed by atoms with Gasteiger partial charge in [0.25, 0.3) is 0 Å². The fraction of sp³-hybridized carbons (Fsp3) is 0.263. The van der Waals surface area contributed by atoms with Gasteiger partial charge in [-0.15, -0.1) is 0 Å². The van der Waals surface area contributed by atoms with Gasteiger partial charge in [-0.1, -0.05) is 0 Å². The molecule has 2 aromatic rings. The van der Waals surface area contributed by atoms with Crippen LogP contribution in [0.4, 0.5) is 5.69 Å². The normalized spacial score (nSPS) is 11.3. The van der Waals surface area contributed by atoms with Crippen molar-refractivity contribution < 1.29 is 22.7 Å². The Morgan fingerprint density at radius 2 is 1.75 bits per heavy atom. The summed E-state index contributed by atoms with van der Waals surface area (Å²) in [5.74, 6) is -0.288. The Labute approximate surface area is 164 Å². The van der Waals surface area contributed by atoms with Crippen molar-refractivity contribution in [3.63, 3.8) is 0 Å². The van der Waals surface area contributed by atoms with Gasteiger partial charge in [0.05, 0.1) is 12.0 Å². The third-order valence-electron chi connectivity index (χ3n) is 4.11. The molecule has 2 amide bonds. The van der Waals surface area contributed by atoms with Crippen LogP contribution in [0.3, 0.4) is 0 Å². The molecule has 0 aliphatic rings. The number of primary amides is 1. The molecule has 9 heteroatoms. The van der Waals surface area contributed by atoms with Gasteiger partial charge < -0.3 is 15.8 Å². The van der Waals surface area contributed by atoms with E-state index in [0.717, 1.165) is 4.31 Å². The number of aryl methyl sites for hydroxylation is 1. The minimum Gasteiger partial charge on any atom is -0.496 e. The second kappa shape index (κ2) is 8.85. The van der Waals surface area contributed by atoms with Gasteiger partial charge >= 0.3 is 0 Å². The van der Waals surface area contributed by atoms with Crippen molar-refractivity contribution in [3.05, 3.63) is 53.6 Å². The number of carbonyl (C=O) groups excluding carboxylic acids is 2. The van der Waals surface area contributed by atoms with E-state index in [4.69, 9.17) is 10.5 Å². The molecule has 0 aliphatic heterocycles. The summed E-state index contributed by atoms with van der Waals surface area (Å²) < 4.78 is 31.0. The van der Waals surface area contributed by atoms with Crippen molar-refractivity contribution in [1.82, 2.24) is 4.31 Å². The highest BCUT2D eigenvalue weighted by Crippen LogP contribution is 2.25. The average molecular weight is 405 g/mol. The molecule has 0 spiro atoms. The highest BCUT2D eigenvalue weighted by molar-refractivity contribution is 7.89. The number of nitrogens with one attached hydrogen (secondary N) is 1. The van der Waals surface area contributed by atoms with Crippen molar-refractivity contribution in [2.24, 2.45) is 5.73 Å². The van der Waals surface area contributed by atoms with Crippen LogP contribution in [0.5, 0.6) is 5.75 Å². The van der Waals surface area contributed by atoms with E-state index in [0.29, 0.717) is 29.0 Å². The average Bonchev–Trinajstić information content (AvgIpc) is 2.66. The summed E-state index contributed by atoms with van der Waals surface area (Å²) in [5.41, 5.74) is 6.68. The lowest BCUT2D eigenvalue weighted by molar-refractivity contribution is -0.116. The van der Waals surface area contributed by atoms with E-state index in [2.05, 4.69) is 5.32 Å². The molecular formula is C19H23N3O5S. The van der Waals surface area contributed by atoms with Crippen LogP contribution in [0, 0.1) is 0 Å². The van der Waals surface area contributed by atoms with Gasteiger partial charge in [-0.3, -0.25) is 9.59 Å². The zero-order chi connectivity index (χ0) is 20.9. The molecule has 28 heavy (non-hydrogen) atoms. The highest BCUT2D eigenvalue weighted by Gasteiger charge is 2.19. The van der Waals surface area contributed by atoms with Crippen LogP contribution in [-0.2, 0) is 21.2 Å². The number of benzene rings is 2. The van der Waals surface area contributed by atoms with Gasteiger partial charge in [-0.05, 0) is 54.4 Å². The number of ether oxygens (including phenoxy) is 1. The van der Waals surface area contributed by atoms with Gasteiger partial charge in [-0.2, -0.15) is 0 Å². The number of hydrogen-bond donors (Lipinski definition) is 2. The highest BCUT2D eigenvalue weighted by atomic mass is 32.2. The van der Waals surface area contributed by atoms with Crippen molar-refractivity contribution in [2.45, 2.75) is 17.7 Å². The number of rotatable bonds is 8. The number of carbonyl (C=O) groups is 2. The van der Waals surface area contributed by atoms with Crippen LogP contribution < -0.4 is 15.8 Å².